The Morgan fingerprint density at radius 1 is 1.32 bits per heavy atom. The lowest BCUT2D eigenvalue weighted by molar-refractivity contribution is -0.383. The molecule has 0 saturated carbocycles. The van der Waals surface area contributed by atoms with Gasteiger partial charge in [-0.15, -0.1) is 0 Å². The van der Waals surface area contributed by atoms with Crippen LogP contribution in [-0.4, -0.2) is 27.5 Å². The topological polar surface area (TPSA) is 84.2 Å². The number of halogens is 4. The Bertz CT molecular complexity index is 894. The second-order valence-corrected chi connectivity index (χ2v) is 6.91. The molecule has 0 spiro atoms. The molecule has 1 atom stereocenters. The summed E-state index contributed by atoms with van der Waals surface area (Å²) in [6.45, 7) is 2.56. The third-order valence-electron chi connectivity index (χ3n) is 4.60. The molecule has 2 heterocycles. The normalized spacial score (nSPS) is 17.5. The van der Waals surface area contributed by atoms with Gasteiger partial charge in [0.05, 0.1) is 15.5 Å². The third-order valence-corrected chi connectivity index (χ3v) is 4.92. The van der Waals surface area contributed by atoms with Crippen molar-refractivity contribution in [3.8, 4) is 0 Å². The van der Waals surface area contributed by atoms with Gasteiger partial charge in [0, 0.05) is 18.3 Å². The Labute approximate surface area is 163 Å². The molecule has 0 radical (unpaired) electrons. The van der Waals surface area contributed by atoms with E-state index in [1.54, 1.807) is 0 Å². The van der Waals surface area contributed by atoms with Crippen molar-refractivity contribution in [2.24, 2.45) is 0 Å². The zero-order valence-electron chi connectivity index (χ0n) is 14.8. The average molecular weight is 416 g/mol. The first-order valence-corrected chi connectivity index (χ1v) is 8.96. The second kappa shape index (κ2) is 7.78. The number of alkyl halides is 3. The molecule has 0 amide bonds. The fourth-order valence-electron chi connectivity index (χ4n) is 3.21. The van der Waals surface area contributed by atoms with Crippen molar-refractivity contribution >= 4 is 34.6 Å². The summed E-state index contributed by atoms with van der Waals surface area (Å²) >= 11 is 5.62. The Morgan fingerprint density at radius 3 is 2.71 bits per heavy atom. The van der Waals surface area contributed by atoms with Crippen molar-refractivity contribution in [1.29, 1.82) is 0 Å². The second-order valence-electron chi connectivity index (χ2n) is 6.51. The van der Waals surface area contributed by atoms with Gasteiger partial charge in [-0.1, -0.05) is 11.6 Å². The summed E-state index contributed by atoms with van der Waals surface area (Å²) in [5.41, 5.74) is -1.43. The van der Waals surface area contributed by atoms with Crippen molar-refractivity contribution in [2.75, 3.05) is 16.8 Å². The molecule has 1 aliphatic rings. The van der Waals surface area contributed by atoms with E-state index >= 15 is 0 Å². The van der Waals surface area contributed by atoms with Crippen LogP contribution >= 0.6 is 11.6 Å². The monoisotopic (exact) mass is 415 g/mol. The standard InChI is InChI=1S/C17H17ClF3N5O2/c1-10-4-2-3-7-25(10)16-14(26(27)28)15(22-9-23-16)24-11-5-6-13(18)12(8-11)17(19,20)21/h5-6,8-10H,2-4,7H2,1H3,(H,22,23,24). The van der Waals surface area contributed by atoms with E-state index < -0.39 is 21.7 Å². The summed E-state index contributed by atoms with van der Waals surface area (Å²) < 4.78 is 39.2. The van der Waals surface area contributed by atoms with Crippen molar-refractivity contribution in [1.82, 2.24) is 9.97 Å². The van der Waals surface area contributed by atoms with Crippen LogP contribution in [0, 0.1) is 10.1 Å². The molecule has 0 aliphatic carbocycles. The van der Waals surface area contributed by atoms with E-state index in [0.717, 1.165) is 37.7 Å². The van der Waals surface area contributed by atoms with Crippen LogP contribution < -0.4 is 10.2 Å². The van der Waals surface area contributed by atoms with E-state index in [4.69, 9.17) is 11.6 Å². The fourth-order valence-corrected chi connectivity index (χ4v) is 3.43. The average Bonchev–Trinajstić information content (AvgIpc) is 2.62. The first-order chi connectivity index (χ1) is 13.2. The van der Waals surface area contributed by atoms with Gasteiger partial charge >= 0.3 is 11.9 Å². The SMILES string of the molecule is CC1CCCCN1c1ncnc(Nc2ccc(Cl)c(C(F)(F)F)c2)c1[N+](=O)[O-]. The van der Waals surface area contributed by atoms with Crippen molar-refractivity contribution in [2.45, 2.75) is 38.4 Å². The lowest BCUT2D eigenvalue weighted by Crippen LogP contribution is -2.38. The zero-order chi connectivity index (χ0) is 20.5. The maximum absolute atomic E-state index is 13.1. The molecule has 1 aromatic heterocycles. The maximum Gasteiger partial charge on any atom is 0.417 e. The predicted molar refractivity (Wildman–Crippen MR) is 99.1 cm³/mol. The molecule has 150 valence electrons. The van der Waals surface area contributed by atoms with Gasteiger partial charge in [-0.2, -0.15) is 13.2 Å². The van der Waals surface area contributed by atoms with Crippen LogP contribution in [0.2, 0.25) is 5.02 Å². The van der Waals surface area contributed by atoms with Crippen LogP contribution in [-0.2, 0) is 6.18 Å². The molecule has 3 rings (SSSR count). The number of hydrogen-bond acceptors (Lipinski definition) is 6. The Balaban J connectivity index is 2.01. The first-order valence-electron chi connectivity index (χ1n) is 8.58. The highest BCUT2D eigenvalue weighted by molar-refractivity contribution is 6.31. The summed E-state index contributed by atoms with van der Waals surface area (Å²) in [7, 11) is 0. The fraction of sp³-hybridized carbons (Fsp3) is 0.412. The van der Waals surface area contributed by atoms with Gasteiger partial charge in [-0.05, 0) is 44.4 Å². The Kier molecular flexibility index (Phi) is 5.59. The number of aromatic nitrogens is 2. The van der Waals surface area contributed by atoms with Crippen molar-refractivity contribution in [3.63, 3.8) is 0 Å². The molecule has 1 aromatic carbocycles. The minimum absolute atomic E-state index is 0.0174. The summed E-state index contributed by atoms with van der Waals surface area (Å²) in [5.74, 6) is -0.0251. The van der Waals surface area contributed by atoms with E-state index in [-0.39, 0.29) is 29.1 Å². The molecule has 2 aromatic rings. The molecule has 1 fully saturated rings. The van der Waals surface area contributed by atoms with Gasteiger partial charge in [0.2, 0.25) is 11.6 Å². The molecule has 7 nitrogen and oxygen atoms in total. The minimum Gasteiger partial charge on any atom is -0.348 e. The number of benzene rings is 1. The van der Waals surface area contributed by atoms with E-state index in [0.29, 0.717) is 6.54 Å². The van der Waals surface area contributed by atoms with Crippen molar-refractivity contribution in [3.05, 3.63) is 45.2 Å². The summed E-state index contributed by atoms with van der Waals surface area (Å²) in [5, 5.41) is 13.9. The quantitative estimate of drug-likeness (QED) is 0.547. The van der Waals surface area contributed by atoms with Gasteiger partial charge in [0.15, 0.2) is 0 Å². The first kappa shape index (κ1) is 20.1. The van der Waals surface area contributed by atoms with Crippen LogP contribution in [0.1, 0.15) is 31.7 Å². The number of nitro groups is 1. The molecule has 28 heavy (non-hydrogen) atoms. The lowest BCUT2D eigenvalue weighted by atomic mass is 10.0. The summed E-state index contributed by atoms with van der Waals surface area (Å²) in [6.07, 6.45) is -0.726. The van der Waals surface area contributed by atoms with Crippen LogP contribution in [0.15, 0.2) is 24.5 Å². The number of nitrogens with one attached hydrogen (secondary N) is 1. The molecule has 1 aliphatic heterocycles. The summed E-state index contributed by atoms with van der Waals surface area (Å²) in [6, 6.07) is 3.22. The highest BCUT2D eigenvalue weighted by Gasteiger charge is 2.34. The zero-order valence-corrected chi connectivity index (χ0v) is 15.6. The number of nitrogens with zero attached hydrogens (tertiary/aromatic N) is 4. The van der Waals surface area contributed by atoms with Crippen LogP contribution in [0.4, 0.5) is 36.2 Å². The number of piperidine rings is 1. The van der Waals surface area contributed by atoms with Gasteiger partial charge < -0.3 is 10.2 Å². The van der Waals surface area contributed by atoms with E-state index in [1.165, 1.54) is 6.07 Å². The number of anilines is 3. The minimum atomic E-state index is -4.65. The Morgan fingerprint density at radius 2 is 2.07 bits per heavy atom. The van der Waals surface area contributed by atoms with Crippen LogP contribution in [0.5, 0.6) is 0 Å². The van der Waals surface area contributed by atoms with E-state index in [2.05, 4.69) is 15.3 Å². The smallest absolute Gasteiger partial charge is 0.348 e. The maximum atomic E-state index is 13.1. The van der Waals surface area contributed by atoms with Gasteiger partial charge in [0.1, 0.15) is 6.33 Å². The molecular weight excluding hydrogens is 399 g/mol. The molecule has 1 saturated heterocycles. The van der Waals surface area contributed by atoms with Crippen LogP contribution in [0.25, 0.3) is 0 Å². The van der Waals surface area contributed by atoms with E-state index in [1.807, 2.05) is 11.8 Å². The molecule has 1 N–H and O–H groups in total. The highest BCUT2D eigenvalue weighted by Crippen LogP contribution is 2.39. The van der Waals surface area contributed by atoms with Crippen molar-refractivity contribution < 1.29 is 18.1 Å². The lowest BCUT2D eigenvalue weighted by Gasteiger charge is -2.33. The van der Waals surface area contributed by atoms with Gasteiger partial charge in [0.25, 0.3) is 0 Å². The number of rotatable bonds is 4. The highest BCUT2D eigenvalue weighted by atomic mass is 35.5. The Hall–Kier alpha value is -2.62. The van der Waals surface area contributed by atoms with Gasteiger partial charge in [-0.25, -0.2) is 9.97 Å². The molecule has 0 bridgehead atoms. The van der Waals surface area contributed by atoms with E-state index in [9.17, 15) is 23.3 Å². The van der Waals surface area contributed by atoms with Gasteiger partial charge in [-0.3, -0.25) is 10.1 Å². The summed E-state index contributed by atoms with van der Waals surface area (Å²) in [4.78, 5) is 20.9. The predicted octanol–water partition coefficient (Wildman–Crippen LogP) is 5.18. The number of hydrogen-bond donors (Lipinski definition) is 1. The molecular formula is C17H17ClF3N5O2. The largest absolute Gasteiger partial charge is 0.417 e. The van der Waals surface area contributed by atoms with Crippen LogP contribution in [0.3, 0.4) is 0 Å². The molecule has 1 unspecified atom stereocenters. The third kappa shape index (κ3) is 4.11. The molecule has 11 heteroatoms.